The first-order valence-electron chi connectivity index (χ1n) is 17.5. The third kappa shape index (κ3) is 6.63. The van der Waals surface area contributed by atoms with E-state index in [1.54, 1.807) is 35.6 Å². The lowest BCUT2D eigenvalue weighted by Gasteiger charge is -2.33. The molecular formula is C38H40N8O4S. The summed E-state index contributed by atoms with van der Waals surface area (Å²) in [5.74, 6) is 0.896. The van der Waals surface area contributed by atoms with Gasteiger partial charge in [0.25, 0.3) is 0 Å². The fourth-order valence-electron chi connectivity index (χ4n) is 7.51. The number of nitrogens with zero attached hydrogens (tertiary/aromatic N) is 6. The van der Waals surface area contributed by atoms with Gasteiger partial charge < -0.3 is 10.2 Å². The number of fused-ring (bicyclic) bond motifs is 1. The molecule has 262 valence electrons. The number of carbonyl (C=O) groups is 2. The third-order valence-electron chi connectivity index (χ3n) is 10.7. The van der Waals surface area contributed by atoms with Crippen LogP contribution in [0, 0.1) is 0 Å². The average molecular weight is 705 g/mol. The molecule has 0 radical (unpaired) electrons. The van der Waals surface area contributed by atoms with Crippen LogP contribution in [0.5, 0.6) is 0 Å². The molecule has 13 heteroatoms. The van der Waals surface area contributed by atoms with Crippen molar-refractivity contribution in [2.45, 2.75) is 48.7 Å². The van der Waals surface area contributed by atoms with E-state index in [4.69, 9.17) is 0 Å². The van der Waals surface area contributed by atoms with E-state index < -0.39 is 20.5 Å². The molecule has 0 bridgehead atoms. The highest BCUT2D eigenvalue weighted by Gasteiger charge is 2.53. The zero-order valence-corrected chi connectivity index (χ0v) is 29.3. The van der Waals surface area contributed by atoms with Crippen LogP contribution in [0.2, 0.25) is 0 Å². The maximum Gasteiger partial charge on any atom is 0.247 e. The highest BCUT2D eigenvalue weighted by atomic mass is 32.2. The molecule has 12 nitrogen and oxygen atoms in total. The van der Waals surface area contributed by atoms with Crippen molar-refractivity contribution in [2.24, 2.45) is 0 Å². The van der Waals surface area contributed by atoms with E-state index in [1.165, 1.54) is 5.56 Å². The van der Waals surface area contributed by atoms with Crippen molar-refractivity contribution in [2.75, 3.05) is 44.3 Å². The molecule has 2 amide bonds. The van der Waals surface area contributed by atoms with Gasteiger partial charge in [0.2, 0.25) is 11.8 Å². The molecule has 8 rings (SSSR count). The lowest BCUT2D eigenvalue weighted by molar-refractivity contribution is -0.133. The normalized spacial score (nSPS) is 20.1. The molecule has 1 aliphatic carbocycles. The summed E-state index contributed by atoms with van der Waals surface area (Å²) in [6.07, 6.45) is 10.4. The highest BCUT2D eigenvalue weighted by Crippen LogP contribution is 2.40. The van der Waals surface area contributed by atoms with Crippen molar-refractivity contribution < 1.29 is 18.0 Å². The molecule has 51 heavy (non-hydrogen) atoms. The van der Waals surface area contributed by atoms with Gasteiger partial charge in [-0.25, -0.2) is 18.4 Å². The lowest BCUT2D eigenvalue weighted by atomic mass is 9.89. The number of sulfone groups is 1. The Morgan fingerprint density at radius 1 is 0.882 bits per heavy atom. The molecule has 5 heterocycles. The number of likely N-dealkylation sites (tertiary alicyclic amines) is 2. The van der Waals surface area contributed by atoms with Crippen LogP contribution in [0.4, 0.5) is 5.69 Å². The Morgan fingerprint density at radius 3 is 2.37 bits per heavy atom. The van der Waals surface area contributed by atoms with E-state index >= 15 is 0 Å². The van der Waals surface area contributed by atoms with Crippen molar-refractivity contribution >= 4 is 38.2 Å². The van der Waals surface area contributed by atoms with Crippen LogP contribution >= 0.6 is 0 Å². The number of amides is 2. The van der Waals surface area contributed by atoms with E-state index in [0.717, 1.165) is 65.4 Å². The zero-order chi connectivity index (χ0) is 35.2. The first-order chi connectivity index (χ1) is 24.7. The molecule has 3 aromatic heterocycles. The Bertz CT molecular complexity index is 2200. The van der Waals surface area contributed by atoms with Crippen LogP contribution in [0.3, 0.4) is 0 Å². The number of benzene rings is 2. The van der Waals surface area contributed by atoms with Crippen molar-refractivity contribution in [1.29, 1.82) is 0 Å². The second-order valence-electron chi connectivity index (χ2n) is 14.1. The molecule has 0 unspecified atom stereocenters. The first-order valence-corrected chi connectivity index (χ1v) is 19.4. The van der Waals surface area contributed by atoms with Gasteiger partial charge in [0.15, 0.2) is 20.4 Å². The smallest absolute Gasteiger partial charge is 0.247 e. The number of rotatable bonds is 9. The molecule has 2 aromatic carbocycles. The minimum Gasteiger partial charge on any atom is -0.342 e. The Hall–Kier alpha value is -5.01. The standard InChI is InChI=1S/C38H40N8O4S/c1-51(49,50)38(37(48)42-30-9-10-32-31(22-30)35(44-43-32)29-11-17-39-33(21-29)27-5-6-27)14-20-45(24-38)23-34(47)46-18-12-26(13-19-46)25-3-7-28(8-4-25)36-40-15-2-16-41-36/h2-4,7-11,15-17,21-22,26-27H,5-6,12-14,18-20,23-24H2,1H3,(H,42,48)(H,43,44)/t38-/m0/s1. The number of H-pyrrole nitrogens is 1. The van der Waals surface area contributed by atoms with Crippen LogP contribution in [0.25, 0.3) is 33.5 Å². The molecule has 3 aliphatic rings. The molecular weight excluding hydrogens is 665 g/mol. The molecule has 2 N–H and O–H groups in total. The number of hydrogen-bond donors (Lipinski definition) is 2. The number of nitrogens with one attached hydrogen (secondary N) is 2. The molecule has 2 aliphatic heterocycles. The summed E-state index contributed by atoms with van der Waals surface area (Å²) in [7, 11) is -3.84. The van der Waals surface area contributed by atoms with E-state index in [2.05, 4.69) is 48.7 Å². The van der Waals surface area contributed by atoms with Gasteiger partial charge >= 0.3 is 0 Å². The Labute approximate surface area is 296 Å². The van der Waals surface area contributed by atoms with E-state index in [1.807, 2.05) is 35.2 Å². The first kappa shape index (κ1) is 33.2. The minimum atomic E-state index is -3.84. The lowest BCUT2D eigenvalue weighted by Crippen LogP contribution is -2.52. The quantitative estimate of drug-likeness (QED) is 0.220. The van der Waals surface area contributed by atoms with Gasteiger partial charge in [0.05, 0.1) is 12.1 Å². The summed E-state index contributed by atoms with van der Waals surface area (Å²) >= 11 is 0. The number of aromatic nitrogens is 5. The fourth-order valence-corrected chi connectivity index (χ4v) is 8.78. The molecule has 2 saturated heterocycles. The van der Waals surface area contributed by atoms with E-state index in [0.29, 0.717) is 43.0 Å². The van der Waals surface area contributed by atoms with E-state index in [9.17, 15) is 18.0 Å². The van der Waals surface area contributed by atoms with Gasteiger partial charge in [0, 0.05) is 84.8 Å². The number of carbonyl (C=O) groups excluding carboxylic acids is 2. The maximum absolute atomic E-state index is 13.9. The van der Waals surface area contributed by atoms with Crippen LogP contribution in [-0.2, 0) is 19.4 Å². The average Bonchev–Trinajstić information content (AvgIpc) is 3.77. The number of anilines is 1. The van der Waals surface area contributed by atoms with Gasteiger partial charge in [-0.15, -0.1) is 0 Å². The van der Waals surface area contributed by atoms with Gasteiger partial charge in [0.1, 0.15) is 5.69 Å². The zero-order valence-electron chi connectivity index (χ0n) is 28.5. The molecule has 3 fully saturated rings. The summed E-state index contributed by atoms with van der Waals surface area (Å²) in [6, 6.07) is 19.5. The van der Waals surface area contributed by atoms with Crippen molar-refractivity contribution in [1.82, 2.24) is 34.9 Å². The van der Waals surface area contributed by atoms with Crippen LogP contribution in [0.15, 0.2) is 79.3 Å². The van der Waals surface area contributed by atoms with Crippen LogP contribution in [0.1, 0.15) is 55.2 Å². The van der Waals surface area contributed by atoms with Crippen molar-refractivity contribution in [3.63, 3.8) is 0 Å². The van der Waals surface area contributed by atoms with Gasteiger partial charge in [-0.1, -0.05) is 24.3 Å². The molecule has 1 saturated carbocycles. The van der Waals surface area contributed by atoms with Gasteiger partial charge in [-0.2, -0.15) is 5.10 Å². The highest BCUT2D eigenvalue weighted by molar-refractivity contribution is 7.93. The molecule has 5 aromatic rings. The number of piperidine rings is 1. The summed E-state index contributed by atoms with van der Waals surface area (Å²) < 4.78 is 24.9. The summed E-state index contributed by atoms with van der Waals surface area (Å²) in [5.41, 5.74) is 6.21. The molecule has 1 atom stereocenters. The number of aromatic amines is 1. The monoisotopic (exact) mass is 704 g/mol. The summed E-state index contributed by atoms with van der Waals surface area (Å²) in [6.45, 7) is 1.60. The Morgan fingerprint density at radius 2 is 1.65 bits per heavy atom. The van der Waals surface area contributed by atoms with Gasteiger partial charge in [-0.3, -0.25) is 24.6 Å². The van der Waals surface area contributed by atoms with Crippen molar-refractivity contribution in [3.8, 4) is 22.6 Å². The fraction of sp³-hybridized carbons (Fsp3) is 0.368. The Kier molecular flexibility index (Phi) is 8.63. The number of hydrogen-bond acceptors (Lipinski definition) is 9. The van der Waals surface area contributed by atoms with Crippen molar-refractivity contribution in [3.05, 3.63) is 90.5 Å². The molecule has 0 spiro atoms. The second-order valence-corrected chi connectivity index (χ2v) is 16.4. The van der Waals surface area contributed by atoms with E-state index in [-0.39, 0.29) is 25.4 Å². The van der Waals surface area contributed by atoms with Gasteiger partial charge in [-0.05, 0) is 80.0 Å². The maximum atomic E-state index is 13.9. The third-order valence-corrected chi connectivity index (χ3v) is 12.7. The topological polar surface area (TPSA) is 154 Å². The predicted molar refractivity (Wildman–Crippen MR) is 195 cm³/mol. The summed E-state index contributed by atoms with van der Waals surface area (Å²) in [5, 5.41) is 11.3. The summed E-state index contributed by atoms with van der Waals surface area (Å²) in [4.78, 5) is 44.2. The van der Waals surface area contributed by atoms with Crippen LogP contribution < -0.4 is 5.32 Å². The SMILES string of the molecule is CS(=O)(=O)[C@@]1(C(=O)Nc2ccc3[nH]nc(-c4ccnc(C5CC5)c4)c3c2)CCN(CC(=O)N2CCC(c3ccc(-c4ncccn4)cc3)CC2)C1. The Balaban J connectivity index is 0.905. The minimum absolute atomic E-state index is 0.0441. The van der Waals surface area contributed by atoms with Crippen LogP contribution in [-0.4, -0.2) is 98.9 Å². The second kappa shape index (κ2) is 13.3. The largest absolute Gasteiger partial charge is 0.342 e. The predicted octanol–water partition coefficient (Wildman–Crippen LogP) is 4.79. The number of pyridine rings is 1.